The van der Waals surface area contributed by atoms with Crippen LogP contribution in [-0.4, -0.2) is 32.3 Å². The molecule has 1 amide bonds. The van der Waals surface area contributed by atoms with E-state index in [-0.39, 0.29) is 17.7 Å². The molecule has 0 fully saturated rings. The quantitative estimate of drug-likeness (QED) is 0.526. The van der Waals surface area contributed by atoms with Gasteiger partial charge in [0.1, 0.15) is 0 Å². The number of fused-ring (bicyclic) bond motifs is 1. The number of benzene rings is 1. The topological polar surface area (TPSA) is 76.4 Å². The van der Waals surface area contributed by atoms with Gasteiger partial charge in [0.05, 0.1) is 22.3 Å². The Bertz CT molecular complexity index is 1160. The fraction of sp³-hybridized carbons (Fsp3) is 0.143. The highest BCUT2D eigenvalue weighted by molar-refractivity contribution is 7.12. The number of hydrogen-bond acceptors (Lipinski definition) is 5. The average Bonchev–Trinajstić information content (AvgIpc) is 3.37. The Balaban J connectivity index is 1.77. The molecule has 0 saturated heterocycles. The summed E-state index contributed by atoms with van der Waals surface area (Å²) in [7, 11) is 0. The highest BCUT2D eigenvalue weighted by Gasteiger charge is 2.18. The molecule has 28 heavy (non-hydrogen) atoms. The second-order valence-electron chi connectivity index (χ2n) is 6.64. The van der Waals surface area contributed by atoms with Crippen molar-refractivity contribution < 1.29 is 9.59 Å². The maximum atomic E-state index is 12.7. The van der Waals surface area contributed by atoms with Crippen LogP contribution in [0, 0.1) is 0 Å². The number of hydrogen-bond donors (Lipinski definition) is 1. The van der Waals surface area contributed by atoms with Crippen LogP contribution in [0.15, 0.2) is 60.2 Å². The van der Waals surface area contributed by atoms with E-state index >= 15 is 0 Å². The molecule has 140 valence electrons. The molecule has 1 aromatic carbocycles. The van der Waals surface area contributed by atoms with Gasteiger partial charge in [0.15, 0.2) is 5.65 Å². The van der Waals surface area contributed by atoms with E-state index in [1.165, 1.54) is 11.3 Å². The first kappa shape index (κ1) is 18.1. The number of rotatable bonds is 5. The van der Waals surface area contributed by atoms with Gasteiger partial charge in [-0.1, -0.05) is 18.2 Å². The van der Waals surface area contributed by atoms with Crippen molar-refractivity contribution >= 4 is 28.7 Å². The lowest BCUT2D eigenvalue weighted by molar-refractivity contribution is 0.0942. The molecule has 1 N–H and O–H groups in total. The van der Waals surface area contributed by atoms with Crippen LogP contribution in [0.5, 0.6) is 0 Å². The Kier molecular flexibility index (Phi) is 4.75. The number of ketones is 1. The van der Waals surface area contributed by atoms with Crippen molar-refractivity contribution in [1.29, 1.82) is 0 Å². The summed E-state index contributed by atoms with van der Waals surface area (Å²) in [6, 6.07) is 12.8. The Morgan fingerprint density at radius 1 is 1.14 bits per heavy atom. The minimum absolute atomic E-state index is 0.0562. The second kappa shape index (κ2) is 7.36. The summed E-state index contributed by atoms with van der Waals surface area (Å²) in [5.74, 6) is -0.226. The van der Waals surface area contributed by atoms with Crippen molar-refractivity contribution in [3.8, 4) is 11.3 Å². The van der Waals surface area contributed by atoms with Gasteiger partial charge >= 0.3 is 0 Å². The molecule has 0 aliphatic heterocycles. The zero-order valence-corrected chi connectivity index (χ0v) is 16.2. The maximum Gasteiger partial charge on any atom is 0.251 e. The molecule has 4 rings (SSSR count). The zero-order valence-electron chi connectivity index (χ0n) is 15.4. The molecular weight excluding hydrogens is 372 g/mol. The number of nitrogens with one attached hydrogen (secondary N) is 1. The fourth-order valence-electron chi connectivity index (χ4n) is 2.98. The summed E-state index contributed by atoms with van der Waals surface area (Å²) in [6.07, 6.45) is 3.20. The minimum atomic E-state index is -0.129. The molecule has 7 heteroatoms. The van der Waals surface area contributed by atoms with Gasteiger partial charge in [-0.3, -0.25) is 9.59 Å². The number of aromatic nitrogens is 3. The molecular formula is C21H18N4O2S. The molecule has 4 aromatic rings. The SMILES string of the molecule is CC(C)NC(=O)c1cccc(-c2ccnc3c(C(=O)c4cccs4)cnn23)c1. The van der Waals surface area contributed by atoms with E-state index in [1.54, 1.807) is 29.0 Å². The molecule has 6 nitrogen and oxygen atoms in total. The van der Waals surface area contributed by atoms with E-state index in [0.717, 1.165) is 11.3 Å². The smallest absolute Gasteiger partial charge is 0.251 e. The zero-order chi connectivity index (χ0) is 19.7. The lowest BCUT2D eigenvalue weighted by Gasteiger charge is -2.10. The standard InChI is InChI=1S/C21H18N4O2S/c1-13(2)24-21(27)15-6-3-5-14(11-15)17-8-9-22-20-16(12-23-25(17)20)19(26)18-7-4-10-28-18/h3-13H,1-2H3,(H,24,27). The van der Waals surface area contributed by atoms with E-state index in [4.69, 9.17) is 0 Å². The molecule has 3 aromatic heterocycles. The van der Waals surface area contributed by atoms with Gasteiger partial charge in [-0.25, -0.2) is 9.50 Å². The van der Waals surface area contributed by atoms with Crippen molar-refractivity contribution in [2.24, 2.45) is 0 Å². The van der Waals surface area contributed by atoms with Crippen LogP contribution in [0.2, 0.25) is 0 Å². The Labute approximate surface area is 165 Å². The van der Waals surface area contributed by atoms with Crippen molar-refractivity contribution in [3.63, 3.8) is 0 Å². The van der Waals surface area contributed by atoms with Crippen LogP contribution in [0.25, 0.3) is 16.9 Å². The summed E-state index contributed by atoms with van der Waals surface area (Å²) in [6.45, 7) is 3.84. The predicted molar refractivity (Wildman–Crippen MR) is 109 cm³/mol. The highest BCUT2D eigenvalue weighted by atomic mass is 32.1. The van der Waals surface area contributed by atoms with E-state index in [9.17, 15) is 9.59 Å². The first-order chi connectivity index (χ1) is 13.5. The molecule has 0 unspecified atom stereocenters. The fourth-order valence-corrected chi connectivity index (χ4v) is 3.65. The average molecular weight is 390 g/mol. The summed E-state index contributed by atoms with van der Waals surface area (Å²) in [5, 5.41) is 9.15. The molecule has 0 atom stereocenters. The van der Waals surface area contributed by atoms with E-state index in [2.05, 4.69) is 15.4 Å². The van der Waals surface area contributed by atoms with Crippen LogP contribution in [-0.2, 0) is 0 Å². The van der Waals surface area contributed by atoms with Gasteiger partial charge in [-0.15, -0.1) is 11.3 Å². The normalized spacial score (nSPS) is 11.1. The van der Waals surface area contributed by atoms with Crippen molar-refractivity contribution in [2.75, 3.05) is 0 Å². The van der Waals surface area contributed by atoms with Crippen LogP contribution >= 0.6 is 11.3 Å². The summed E-state index contributed by atoms with van der Waals surface area (Å²) >= 11 is 1.39. The Morgan fingerprint density at radius 2 is 2.00 bits per heavy atom. The van der Waals surface area contributed by atoms with Crippen molar-refractivity contribution in [2.45, 2.75) is 19.9 Å². The third-order valence-electron chi connectivity index (χ3n) is 4.23. The molecule has 0 aliphatic carbocycles. The lowest BCUT2D eigenvalue weighted by atomic mass is 10.1. The number of nitrogens with zero attached hydrogens (tertiary/aromatic N) is 3. The Morgan fingerprint density at radius 3 is 2.75 bits per heavy atom. The van der Waals surface area contributed by atoms with E-state index < -0.39 is 0 Å². The van der Waals surface area contributed by atoms with Crippen molar-refractivity contribution in [1.82, 2.24) is 19.9 Å². The molecule has 3 heterocycles. The predicted octanol–water partition coefficient (Wildman–Crippen LogP) is 3.83. The summed E-state index contributed by atoms with van der Waals surface area (Å²) < 4.78 is 1.64. The number of carbonyl (C=O) groups is 2. The van der Waals surface area contributed by atoms with Crippen molar-refractivity contribution in [3.05, 3.63) is 76.2 Å². The van der Waals surface area contributed by atoms with E-state index in [1.807, 2.05) is 49.6 Å². The van der Waals surface area contributed by atoms with Gasteiger partial charge in [0, 0.05) is 23.4 Å². The molecule has 0 radical (unpaired) electrons. The summed E-state index contributed by atoms with van der Waals surface area (Å²) in [4.78, 5) is 30.1. The third kappa shape index (κ3) is 3.32. The molecule has 0 aliphatic rings. The summed E-state index contributed by atoms with van der Waals surface area (Å²) in [5.41, 5.74) is 3.10. The molecule has 0 saturated carbocycles. The monoisotopic (exact) mass is 390 g/mol. The van der Waals surface area contributed by atoms with Crippen LogP contribution < -0.4 is 5.32 Å². The highest BCUT2D eigenvalue weighted by Crippen LogP contribution is 2.24. The first-order valence-electron chi connectivity index (χ1n) is 8.87. The first-order valence-corrected chi connectivity index (χ1v) is 9.75. The second-order valence-corrected chi connectivity index (χ2v) is 7.59. The Hall–Kier alpha value is -3.32. The molecule has 0 spiro atoms. The van der Waals surface area contributed by atoms with Crippen LogP contribution in [0.4, 0.5) is 0 Å². The van der Waals surface area contributed by atoms with Gasteiger partial charge in [-0.2, -0.15) is 5.10 Å². The maximum absolute atomic E-state index is 12.7. The van der Waals surface area contributed by atoms with Gasteiger partial charge in [0.25, 0.3) is 5.91 Å². The molecule has 0 bridgehead atoms. The van der Waals surface area contributed by atoms with Crippen LogP contribution in [0.1, 0.15) is 39.4 Å². The number of thiophene rings is 1. The third-order valence-corrected chi connectivity index (χ3v) is 5.10. The van der Waals surface area contributed by atoms with Gasteiger partial charge in [0.2, 0.25) is 5.78 Å². The van der Waals surface area contributed by atoms with Crippen LogP contribution in [0.3, 0.4) is 0 Å². The number of amides is 1. The van der Waals surface area contributed by atoms with Gasteiger partial charge < -0.3 is 5.32 Å². The van der Waals surface area contributed by atoms with E-state index in [0.29, 0.717) is 21.7 Å². The minimum Gasteiger partial charge on any atom is -0.350 e. The number of carbonyl (C=O) groups excluding carboxylic acids is 2. The lowest BCUT2D eigenvalue weighted by Crippen LogP contribution is -2.30. The van der Waals surface area contributed by atoms with Gasteiger partial charge in [-0.05, 0) is 43.5 Å². The largest absolute Gasteiger partial charge is 0.350 e.